The third kappa shape index (κ3) is 4.40. The monoisotopic (exact) mass is 427 g/mol. The number of aromatic nitrogens is 3. The number of benzene rings is 1. The number of thiazole rings is 1. The first-order valence-electron chi connectivity index (χ1n) is 10.4. The molecule has 0 atom stereocenters. The minimum atomic E-state index is 0.0174. The molecule has 30 heavy (non-hydrogen) atoms. The molecule has 1 saturated heterocycles. The molecule has 0 N–H and O–H groups in total. The van der Waals surface area contributed by atoms with Gasteiger partial charge >= 0.3 is 0 Å². The van der Waals surface area contributed by atoms with E-state index in [2.05, 4.69) is 36.0 Å². The van der Waals surface area contributed by atoms with Crippen LogP contribution in [-0.4, -0.2) is 65.0 Å². The van der Waals surface area contributed by atoms with Crippen molar-refractivity contribution in [2.75, 3.05) is 44.3 Å². The quantitative estimate of drug-likeness (QED) is 0.605. The molecule has 0 unspecified atom stereocenters. The molecule has 1 amide bonds. The number of amides is 1. The third-order valence-corrected chi connectivity index (χ3v) is 6.81. The second-order valence-electron chi connectivity index (χ2n) is 7.96. The van der Waals surface area contributed by atoms with Gasteiger partial charge in [0.05, 0.1) is 29.1 Å². The maximum Gasteiger partial charge on any atom is 0.250 e. The van der Waals surface area contributed by atoms with Crippen LogP contribution in [-0.2, 0) is 16.1 Å². The second-order valence-corrected chi connectivity index (χ2v) is 8.94. The number of carbonyl (C=O) groups excluding carboxylic acids is 1. The van der Waals surface area contributed by atoms with Gasteiger partial charge in [0, 0.05) is 31.9 Å². The maximum atomic E-state index is 13.4. The molecule has 1 fully saturated rings. The molecule has 3 aromatic rings. The van der Waals surface area contributed by atoms with E-state index >= 15 is 0 Å². The molecule has 2 aromatic heterocycles. The van der Waals surface area contributed by atoms with Crippen LogP contribution in [0, 0.1) is 27.7 Å². The van der Waals surface area contributed by atoms with Crippen molar-refractivity contribution < 1.29 is 9.53 Å². The summed E-state index contributed by atoms with van der Waals surface area (Å²) >= 11 is 1.60. The summed E-state index contributed by atoms with van der Waals surface area (Å²) in [6.07, 6.45) is 0. The minimum Gasteiger partial charge on any atom is -0.379 e. The summed E-state index contributed by atoms with van der Waals surface area (Å²) in [5.41, 5.74) is 5.23. The number of morpholine rings is 1. The zero-order chi connectivity index (χ0) is 21.3. The van der Waals surface area contributed by atoms with Gasteiger partial charge in [0.25, 0.3) is 5.91 Å². The first kappa shape index (κ1) is 21.0. The smallest absolute Gasteiger partial charge is 0.250 e. The number of hydrogen-bond acceptors (Lipinski definition) is 6. The second kappa shape index (κ2) is 8.83. The van der Waals surface area contributed by atoms with Crippen molar-refractivity contribution in [1.29, 1.82) is 0 Å². The molecule has 160 valence electrons. The first-order valence-corrected chi connectivity index (χ1v) is 11.2. The lowest BCUT2D eigenvalue weighted by atomic mass is 10.1. The van der Waals surface area contributed by atoms with Crippen molar-refractivity contribution in [3.05, 3.63) is 40.7 Å². The predicted molar refractivity (Wildman–Crippen MR) is 120 cm³/mol. The van der Waals surface area contributed by atoms with Gasteiger partial charge < -0.3 is 4.74 Å². The number of anilines is 1. The van der Waals surface area contributed by atoms with E-state index in [1.807, 2.05) is 24.8 Å². The molecule has 4 rings (SSSR count). The van der Waals surface area contributed by atoms with Crippen LogP contribution in [0.2, 0.25) is 0 Å². The summed E-state index contributed by atoms with van der Waals surface area (Å²) in [6, 6.07) is 6.21. The lowest BCUT2D eigenvalue weighted by Gasteiger charge is -2.29. The van der Waals surface area contributed by atoms with Crippen LogP contribution in [0.15, 0.2) is 18.2 Å². The number of nitrogens with zero attached hydrogens (tertiary/aromatic N) is 5. The summed E-state index contributed by atoms with van der Waals surface area (Å²) in [7, 11) is 0. The van der Waals surface area contributed by atoms with Crippen molar-refractivity contribution in [3.63, 3.8) is 0 Å². The van der Waals surface area contributed by atoms with E-state index < -0.39 is 0 Å². The number of carbonyl (C=O) groups is 1. The molecule has 0 radical (unpaired) electrons. The van der Waals surface area contributed by atoms with Crippen LogP contribution in [0.3, 0.4) is 0 Å². The van der Waals surface area contributed by atoms with Gasteiger partial charge in [-0.25, -0.2) is 4.98 Å². The van der Waals surface area contributed by atoms with Crippen LogP contribution in [0.4, 0.5) is 5.13 Å². The first-order chi connectivity index (χ1) is 14.4. The van der Waals surface area contributed by atoms with Crippen molar-refractivity contribution in [1.82, 2.24) is 19.7 Å². The SMILES string of the molecule is Cc1cc(C)n(CC(=O)N(CCN2CCOCC2)c2nc3c(C)ccc(C)c3s2)n1. The van der Waals surface area contributed by atoms with E-state index in [0.29, 0.717) is 6.54 Å². The molecule has 0 saturated carbocycles. The van der Waals surface area contributed by atoms with Crippen LogP contribution in [0.25, 0.3) is 10.2 Å². The number of rotatable bonds is 6. The maximum absolute atomic E-state index is 13.4. The Balaban J connectivity index is 1.62. The molecule has 0 aliphatic carbocycles. The number of aryl methyl sites for hydroxylation is 4. The molecular weight excluding hydrogens is 398 g/mol. The van der Waals surface area contributed by atoms with Crippen LogP contribution in [0.1, 0.15) is 22.5 Å². The Morgan fingerprint density at radius 3 is 2.57 bits per heavy atom. The van der Waals surface area contributed by atoms with E-state index in [0.717, 1.165) is 65.1 Å². The van der Waals surface area contributed by atoms with E-state index in [9.17, 15) is 4.79 Å². The van der Waals surface area contributed by atoms with Gasteiger partial charge in [0.2, 0.25) is 0 Å². The lowest BCUT2D eigenvalue weighted by molar-refractivity contribution is -0.119. The molecule has 1 aliphatic rings. The highest BCUT2D eigenvalue weighted by Crippen LogP contribution is 2.33. The summed E-state index contributed by atoms with van der Waals surface area (Å²) in [6.45, 7) is 13.0. The van der Waals surface area contributed by atoms with Crippen LogP contribution >= 0.6 is 11.3 Å². The Labute approximate surface area is 181 Å². The van der Waals surface area contributed by atoms with Gasteiger partial charge in [-0.2, -0.15) is 5.10 Å². The Morgan fingerprint density at radius 2 is 1.90 bits per heavy atom. The third-order valence-electron chi connectivity index (χ3n) is 5.59. The minimum absolute atomic E-state index is 0.0174. The fourth-order valence-corrected chi connectivity index (χ4v) is 4.96. The van der Waals surface area contributed by atoms with Gasteiger partial charge in [-0.3, -0.25) is 19.3 Å². The largest absolute Gasteiger partial charge is 0.379 e. The van der Waals surface area contributed by atoms with Gasteiger partial charge in [0.1, 0.15) is 6.54 Å². The highest BCUT2D eigenvalue weighted by molar-refractivity contribution is 7.22. The van der Waals surface area contributed by atoms with Crippen molar-refractivity contribution in [2.45, 2.75) is 34.2 Å². The zero-order valence-corrected chi connectivity index (χ0v) is 19.0. The van der Waals surface area contributed by atoms with Crippen LogP contribution in [0.5, 0.6) is 0 Å². The average molecular weight is 428 g/mol. The van der Waals surface area contributed by atoms with E-state index in [1.54, 1.807) is 16.0 Å². The molecule has 7 nitrogen and oxygen atoms in total. The van der Waals surface area contributed by atoms with E-state index in [4.69, 9.17) is 9.72 Å². The zero-order valence-electron chi connectivity index (χ0n) is 18.1. The lowest BCUT2D eigenvalue weighted by Crippen LogP contribution is -2.44. The van der Waals surface area contributed by atoms with Crippen molar-refractivity contribution >= 4 is 32.6 Å². The topological polar surface area (TPSA) is 63.5 Å². The highest BCUT2D eigenvalue weighted by atomic mass is 32.1. The Bertz CT molecular complexity index is 1010. The van der Waals surface area contributed by atoms with E-state index in [1.165, 1.54) is 5.56 Å². The Hall–Kier alpha value is -2.29. The average Bonchev–Trinajstić information content (AvgIpc) is 3.30. The number of hydrogen-bond donors (Lipinski definition) is 0. The van der Waals surface area contributed by atoms with Crippen LogP contribution < -0.4 is 4.90 Å². The molecular formula is C22H29N5O2S. The van der Waals surface area contributed by atoms with Gasteiger partial charge in [0.15, 0.2) is 5.13 Å². The summed E-state index contributed by atoms with van der Waals surface area (Å²) in [5, 5.41) is 5.24. The summed E-state index contributed by atoms with van der Waals surface area (Å²) in [5.74, 6) is 0.0174. The molecule has 1 aliphatic heterocycles. The molecule has 8 heteroatoms. The fraction of sp³-hybridized carbons (Fsp3) is 0.500. The van der Waals surface area contributed by atoms with Gasteiger partial charge in [-0.15, -0.1) is 0 Å². The number of ether oxygens (including phenoxy) is 1. The molecule has 3 heterocycles. The van der Waals surface area contributed by atoms with Gasteiger partial charge in [-0.1, -0.05) is 23.5 Å². The van der Waals surface area contributed by atoms with Crippen molar-refractivity contribution in [2.24, 2.45) is 0 Å². The summed E-state index contributed by atoms with van der Waals surface area (Å²) < 4.78 is 8.39. The highest BCUT2D eigenvalue weighted by Gasteiger charge is 2.23. The van der Waals surface area contributed by atoms with E-state index in [-0.39, 0.29) is 12.5 Å². The summed E-state index contributed by atoms with van der Waals surface area (Å²) in [4.78, 5) is 22.4. The molecule has 0 spiro atoms. The molecule has 0 bridgehead atoms. The number of fused-ring (bicyclic) bond motifs is 1. The predicted octanol–water partition coefficient (Wildman–Crippen LogP) is 3.09. The van der Waals surface area contributed by atoms with Crippen molar-refractivity contribution in [3.8, 4) is 0 Å². The standard InChI is InChI=1S/C22H29N5O2S/c1-15-5-6-16(2)21-20(15)23-22(30-21)26(8-7-25-9-11-29-12-10-25)19(28)14-27-18(4)13-17(3)24-27/h5-6,13H,7-12,14H2,1-4H3. The fourth-order valence-electron chi connectivity index (χ4n) is 3.81. The Morgan fingerprint density at radius 1 is 1.17 bits per heavy atom. The normalized spacial score (nSPS) is 15.1. The Kier molecular flexibility index (Phi) is 6.17. The molecule has 1 aromatic carbocycles. The van der Waals surface area contributed by atoms with Gasteiger partial charge in [-0.05, 0) is 44.9 Å².